The van der Waals surface area contributed by atoms with Gasteiger partial charge >= 0.3 is 0 Å². The molecule has 6 heteroatoms. The van der Waals surface area contributed by atoms with Crippen LogP contribution < -0.4 is 16.6 Å². The van der Waals surface area contributed by atoms with Crippen LogP contribution in [0.4, 0.5) is 11.8 Å². The van der Waals surface area contributed by atoms with Crippen LogP contribution in [0.1, 0.15) is 38.5 Å². The predicted octanol–water partition coefficient (Wildman–Crippen LogP) is 2.83. The molecule has 2 aromatic carbocycles. The van der Waals surface area contributed by atoms with Gasteiger partial charge in [0.2, 0.25) is 5.95 Å². The van der Waals surface area contributed by atoms with Gasteiger partial charge in [0.05, 0.1) is 11.3 Å². The second-order valence-corrected chi connectivity index (χ2v) is 6.85. The Morgan fingerprint density at radius 3 is 2.44 bits per heavy atom. The number of hydrogen-bond acceptors (Lipinski definition) is 5. The molecule has 0 bridgehead atoms. The van der Waals surface area contributed by atoms with Crippen molar-refractivity contribution in [2.45, 2.75) is 12.8 Å². The largest absolute Gasteiger partial charge is 0.369 e. The first-order chi connectivity index (χ1) is 13.0. The molecule has 3 aromatic rings. The number of aromatic amines is 1. The molecule has 1 aromatic heterocycles. The Balaban J connectivity index is 1.83. The number of rotatable bonds is 1. The lowest BCUT2D eigenvalue weighted by Crippen LogP contribution is -2.28. The Hall–Kier alpha value is -3.67. The number of nitrogens with zero attached hydrogens (tertiary/aromatic N) is 1. The summed E-state index contributed by atoms with van der Waals surface area (Å²) in [5.41, 5.74) is 10.5. The van der Waals surface area contributed by atoms with E-state index in [0.717, 1.165) is 16.7 Å². The maximum Gasteiger partial charge on any atom is 0.258 e. The number of ketones is 1. The number of anilines is 2. The van der Waals surface area contributed by atoms with Crippen LogP contribution >= 0.6 is 0 Å². The van der Waals surface area contributed by atoms with E-state index in [1.54, 1.807) is 6.07 Å². The van der Waals surface area contributed by atoms with E-state index in [2.05, 4.69) is 15.3 Å². The average Bonchev–Trinajstić information content (AvgIpc) is 2.93. The van der Waals surface area contributed by atoms with Crippen molar-refractivity contribution in [2.24, 2.45) is 0 Å². The molecule has 4 N–H and O–H groups in total. The molecule has 0 amide bonds. The normalized spacial score (nSPS) is 17.2. The molecule has 2 aliphatic rings. The number of allylic oxidation sites excluding steroid dienone is 1. The molecule has 5 rings (SSSR count). The lowest BCUT2D eigenvalue weighted by atomic mass is 9.81. The SMILES string of the molecule is Cc1ccc([C@H]2C3=C(Nc4nc(N)[nH]c(=O)c42)c2ccccc2C3=O)cc1. The van der Waals surface area contributed by atoms with Crippen LogP contribution in [0.5, 0.6) is 0 Å². The van der Waals surface area contributed by atoms with E-state index in [4.69, 9.17) is 5.73 Å². The van der Waals surface area contributed by atoms with Gasteiger partial charge < -0.3 is 11.1 Å². The zero-order valence-electron chi connectivity index (χ0n) is 14.5. The number of benzene rings is 2. The lowest BCUT2D eigenvalue weighted by Gasteiger charge is -2.27. The zero-order chi connectivity index (χ0) is 18.7. The number of hydrogen-bond donors (Lipinski definition) is 3. The van der Waals surface area contributed by atoms with Crippen LogP contribution in [0.3, 0.4) is 0 Å². The molecule has 1 atom stereocenters. The molecule has 0 radical (unpaired) electrons. The first kappa shape index (κ1) is 15.6. The number of aryl methyl sites for hydroxylation is 1. The number of carbonyl (C=O) groups is 1. The van der Waals surface area contributed by atoms with Crippen LogP contribution in [-0.2, 0) is 0 Å². The Bertz CT molecular complexity index is 1210. The highest BCUT2D eigenvalue weighted by atomic mass is 16.1. The monoisotopic (exact) mass is 356 g/mol. The summed E-state index contributed by atoms with van der Waals surface area (Å²) in [5, 5.41) is 3.19. The van der Waals surface area contributed by atoms with Crippen LogP contribution in [0.15, 0.2) is 58.9 Å². The number of carbonyl (C=O) groups excluding carboxylic acids is 1. The molecule has 0 fully saturated rings. The summed E-state index contributed by atoms with van der Waals surface area (Å²) in [4.78, 5) is 32.8. The molecule has 1 aliphatic heterocycles. The molecule has 132 valence electrons. The first-order valence-electron chi connectivity index (χ1n) is 8.66. The van der Waals surface area contributed by atoms with Crippen molar-refractivity contribution in [1.29, 1.82) is 0 Å². The van der Waals surface area contributed by atoms with Crippen molar-refractivity contribution < 1.29 is 4.79 Å². The summed E-state index contributed by atoms with van der Waals surface area (Å²) in [5.74, 6) is -0.144. The highest BCUT2D eigenvalue weighted by molar-refractivity contribution is 6.23. The summed E-state index contributed by atoms with van der Waals surface area (Å²) in [6, 6.07) is 15.3. The summed E-state index contributed by atoms with van der Waals surface area (Å²) < 4.78 is 0. The van der Waals surface area contributed by atoms with Gasteiger partial charge in [-0.1, -0.05) is 54.1 Å². The fourth-order valence-corrected chi connectivity index (χ4v) is 3.93. The minimum Gasteiger partial charge on any atom is -0.369 e. The van der Waals surface area contributed by atoms with Gasteiger partial charge in [-0.2, -0.15) is 4.98 Å². The van der Waals surface area contributed by atoms with Crippen molar-refractivity contribution in [3.8, 4) is 0 Å². The summed E-state index contributed by atoms with van der Waals surface area (Å²) in [6.07, 6.45) is 0. The molecule has 2 heterocycles. The number of nitrogens with two attached hydrogens (primary N) is 1. The van der Waals surface area contributed by atoms with Gasteiger partial charge in [0.15, 0.2) is 5.78 Å². The van der Waals surface area contributed by atoms with Gasteiger partial charge in [0, 0.05) is 22.6 Å². The van der Waals surface area contributed by atoms with Gasteiger partial charge in [0.1, 0.15) is 5.82 Å². The molecule has 0 saturated heterocycles. The Morgan fingerprint density at radius 2 is 1.70 bits per heavy atom. The second-order valence-electron chi connectivity index (χ2n) is 6.85. The number of Topliss-reactive ketones (excluding diaryl/α,β-unsaturated/α-hetero) is 1. The van der Waals surface area contributed by atoms with Crippen molar-refractivity contribution in [2.75, 3.05) is 11.1 Å². The number of aromatic nitrogens is 2. The van der Waals surface area contributed by atoms with E-state index in [9.17, 15) is 9.59 Å². The predicted molar refractivity (Wildman–Crippen MR) is 104 cm³/mol. The van der Waals surface area contributed by atoms with Crippen LogP contribution in [-0.4, -0.2) is 15.8 Å². The van der Waals surface area contributed by atoms with Crippen molar-refractivity contribution >= 4 is 23.2 Å². The molecule has 0 unspecified atom stereocenters. The van der Waals surface area contributed by atoms with Gasteiger partial charge in [-0.15, -0.1) is 0 Å². The maximum atomic E-state index is 13.2. The fourth-order valence-electron chi connectivity index (χ4n) is 3.93. The lowest BCUT2D eigenvalue weighted by molar-refractivity contribution is 0.103. The van der Waals surface area contributed by atoms with Crippen LogP contribution in [0, 0.1) is 6.92 Å². The molecular weight excluding hydrogens is 340 g/mol. The highest BCUT2D eigenvalue weighted by Gasteiger charge is 2.41. The summed E-state index contributed by atoms with van der Waals surface area (Å²) in [7, 11) is 0. The van der Waals surface area contributed by atoms with Gasteiger partial charge in [-0.25, -0.2) is 0 Å². The van der Waals surface area contributed by atoms with E-state index in [1.165, 1.54) is 0 Å². The third kappa shape index (κ3) is 2.16. The Labute approximate surface area is 154 Å². The molecule has 1 aliphatic carbocycles. The number of H-pyrrole nitrogens is 1. The molecule has 0 spiro atoms. The summed E-state index contributed by atoms with van der Waals surface area (Å²) in [6.45, 7) is 2.00. The number of nitrogens with one attached hydrogen (secondary N) is 2. The number of fused-ring (bicyclic) bond motifs is 3. The smallest absolute Gasteiger partial charge is 0.258 e. The number of nitrogen functional groups attached to an aromatic ring is 1. The van der Waals surface area contributed by atoms with E-state index in [0.29, 0.717) is 28.2 Å². The summed E-state index contributed by atoms with van der Waals surface area (Å²) >= 11 is 0. The van der Waals surface area contributed by atoms with E-state index >= 15 is 0 Å². The van der Waals surface area contributed by atoms with Gasteiger partial charge in [0.25, 0.3) is 5.56 Å². The third-order valence-corrected chi connectivity index (χ3v) is 5.16. The molecule has 27 heavy (non-hydrogen) atoms. The van der Waals surface area contributed by atoms with Crippen molar-refractivity contribution in [3.05, 3.63) is 92.3 Å². The Morgan fingerprint density at radius 1 is 1.00 bits per heavy atom. The molecule has 6 nitrogen and oxygen atoms in total. The average molecular weight is 356 g/mol. The maximum absolute atomic E-state index is 13.2. The van der Waals surface area contributed by atoms with Crippen LogP contribution in [0.2, 0.25) is 0 Å². The van der Waals surface area contributed by atoms with Gasteiger partial charge in [-0.05, 0) is 12.5 Å². The standard InChI is InChI=1S/C21H16N4O2/c1-10-6-8-11(9-7-10)14-15-17(12-4-2-3-5-13(12)18(15)26)23-19-16(14)20(27)25-21(22)24-19/h2-9,14H,1H3,(H4,22,23,24,25,27)/t14-/m0/s1. The quantitative estimate of drug-likeness (QED) is 0.622. The molecular formula is C21H16N4O2. The second kappa shape index (κ2) is 5.41. The van der Waals surface area contributed by atoms with Crippen molar-refractivity contribution in [1.82, 2.24) is 9.97 Å². The third-order valence-electron chi connectivity index (χ3n) is 5.16. The molecule has 0 saturated carbocycles. The van der Waals surface area contributed by atoms with E-state index < -0.39 is 5.92 Å². The van der Waals surface area contributed by atoms with E-state index in [-0.39, 0.29) is 17.3 Å². The van der Waals surface area contributed by atoms with E-state index in [1.807, 2.05) is 49.4 Å². The zero-order valence-corrected chi connectivity index (χ0v) is 14.5. The van der Waals surface area contributed by atoms with Crippen LogP contribution in [0.25, 0.3) is 5.70 Å². The fraction of sp³-hybridized carbons (Fsp3) is 0.0952. The minimum absolute atomic E-state index is 0.0376. The minimum atomic E-state index is -0.506. The van der Waals surface area contributed by atoms with Gasteiger partial charge in [-0.3, -0.25) is 14.6 Å². The van der Waals surface area contributed by atoms with Crippen molar-refractivity contribution in [3.63, 3.8) is 0 Å². The first-order valence-corrected chi connectivity index (χ1v) is 8.66. The Kier molecular flexibility index (Phi) is 3.12. The highest BCUT2D eigenvalue weighted by Crippen LogP contribution is 2.47. The topological polar surface area (TPSA) is 101 Å².